The molecule has 196 valence electrons. The summed E-state index contributed by atoms with van der Waals surface area (Å²) in [6.07, 6.45) is 2.27. The second-order valence-corrected chi connectivity index (χ2v) is 9.36. The Morgan fingerprint density at radius 1 is 0.947 bits per heavy atom. The van der Waals surface area contributed by atoms with Gasteiger partial charge in [-0.05, 0) is 47.7 Å². The van der Waals surface area contributed by atoms with Gasteiger partial charge in [-0.1, -0.05) is 72.8 Å². The van der Waals surface area contributed by atoms with E-state index in [0.717, 1.165) is 37.4 Å². The second-order valence-electron chi connectivity index (χ2n) is 9.36. The fraction of sp³-hybridized carbons (Fsp3) is 0.250. The molecule has 0 atom stereocenters. The molecule has 1 aromatic heterocycles. The Bertz CT molecular complexity index is 1260. The van der Waals surface area contributed by atoms with Gasteiger partial charge in [-0.2, -0.15) is 0 Å². The van der Waals surface area contributed by atoms with Crippen molar-refractivity contribution in [3.05, 3.63) is 125 Å². The van der Waals surface area contributed by atoms with E-state index in [0.29, 0.717) is 18.1 Å². The number of ether oxygens (including phenoxy) is 2. The number of aromatic nitrogens is 1. The van der Waals surface area contributed by atoms with Crippen LogP contribution in [-0.2, 0) is 6.54 Å². The van der Waals surface area contributed by atoms with Crippen molar-refractivity contribution < 1.29 is 14.3 Å². The minimum Gasteiger partial charge on any atom is -0.496 e. The van der Waals surface area contributed by atoms with Crippen LogP contribution in [0.1, 0.15) is 45.0 Å². The maximum atomic E-state index is 11.3. The zero-order valence-electron chi connectivity index (χ0n) is 22.0. The van der Waals surface area contributed by atoms with Gasteiger partial charge in [0, 0.05) is 37.8 Å². The highest BCUT2D eigenvalue weighted by Crippen LogP contribution is 2.27. The Kier molecular flexibility index (Phi) is 9.48. The lowest BCUT2D eigenvalue weighted by Gasteiger charge is -2.29. The number of primary amides is 1. The Hall–Kier alpha value is -4.16. The predicted octanol–water partition coefficient (Wildman–Crippen LogP) is 5.60. The third-order valence-electron chi connectivity index (χ3n) is 6.60. The zero-order valence-corrected chi connectivity index (χ0v) is 22.0. The molecule has 0 spiro atoms. The third-order valence-corrected chi connectivity index (χ3v) is 6.60. The molecule has 0 saturated carbocycles. The Morgan fingerprint density at radius 3 is 2.18 bits per heavy atom. The largest absolute Gasteiger partial charge is 0.496 e. The van der Waals surface area contributed by atoms with Crippen LogP contribution in [0.15, 0.2) is 97.2 Å². The van der Waals surface area contributed by atoms with Crippen LogP contribution >= 0.6 is 0 Å². The lowest BCUT2D eigenvalue weighted by atomic mass is 9.90. The van der Waals surface area contributed by atoms with E-state index >= 15 is 0 Å². The van der Waals surface area contributed by atoms with Crippen LogP contribution < -0.4 is 15.2 Å². The molecule has 2 N–H and O–H groups in total. The highest BCUT2D eigenvalue weighted by Gasteiger charge is 2.19. The molecule has 1 amide bonds. The highest BCUT2D eigenvalue weighted by molar-refractivity contribution is 5.92. The average Bonchev–Trinajstić information content (AvgIpc) is 2.95. The fourth-order valence-corrected chi connectivity index (χ4v) is 4.64. The first kappa shape index (κ1) is 26.9. The van der Waals surface area contributed by atoms with E-state index in [9.17, 15) is 4.79 Å². The molecule has 0 saturated heterocycles. The van der Waals surface area contributed by atoms with E-state index in [4.69, 9.17) is 15.2 Å². The van der Waals surface area contributed by atoms with Crippen molar-refractivity contribution >= 4 is 5.91 Å². The number of carbonyl (C=O) groups is 1. The topological polar surface area (TPSA) is 77.7 Å². The maximum absolute atomic E-state index is 11.3. The smallest absolute Gasteiger partial charge is 0.250 e. The highest BCUT2D eigenvalue weighted by atomic mass is 16.5. The Morgan fingerprint density at radius 2 is 1.63 bits per heavy atom. The molecular weight excluding hydrogens is 474 g/mol. The quantitative estimate of drug-likeness (QED) is 0.237. The molecule has 0 unspecified atom stereocenters. The summed E-state index contributed by atoms with van der Waals surface area (Å²) in [5.74, 6) is 1.12. The molecule has 6 nitrogen and oxygen atoms in total. The van der Waals surface area contributed by atoms with Gasteiger partial charge in [0.2, 0.25) is 11.8 Å². The number of hydrogen-bond donors (Lipinski definition) is 1. The number of hydrogen-bond acceptors (Lipinski definition) is 5. The van der Waals surface area contributed by atoms with Crippen LogP contribution in [0.5, 0.6) is 11.6 Å². The number of pyridine rings is 1. The first-order valence-electron chi connectivity index (χ1n) is 12.9. The summed E-state index contributed by atoms with van der Waals surface area (Å²) >= 11 is 0. The Labute approximate surface area is 225 Å². The number of rotatable bonds is 13. The number of aryl methyl sites for hydroxylation is 1. The number of amides is 1. The number of methoxy groups -OCH3 is 1. The summed E-state index contributed by atoms with van der Waals surface area (Å²) in [4.78, 5) is 18.0. The fourth-order valence-electron chi connectivity index (χ4n) is 4.64. The summed E-state index contributed by atoms with van der Waals surface area (Å²) in [7, 11) is 1.70. The lowest BCUT2D eigenvalue weighted by Crippen LogP contribution is -2.31. The van der Waals surface area contributed by atoms with Gasteiger partial charge in [0.1, 0.15) is 5.75 Å². The summed E-state index contributed by atoms with van der Waals surface area (Å²) in [5.41, 5.74) is 10.6. The van der Waals surface area contributed by atoms with Crippen molar-refractivity contribution in [2.24, 2.45) is 5.73 Å². The summed E-state index contributed by atoms with van der Waals surface area (Å²) < 4.78 is 11.3. The molecule has 0 bridgehead atoms. The minimum atomic E-state index is -0.500. The number of carbonyl (C=O) groups excluding carboxylic acids is 1. The van der Waals surface area contributed by atoms with Crippen molar-refractivity contribution in [1.29, 1.82) is 0 Å². The maximum Gasteiger partial charge on any atom is 0.250 e. The van der Waals surface area contributed by atoms with Crippen molar-refractivity contribution in [1.82, 2.24) is 9.88 Å². The van der Waals surface area contributed by atoms with Gasteiger partial charge in [0.05, 0.1) is 19.3 Å². The molecule has 3 aromatic carbocycles. The van der Waals surface area contributed by atoms with Gasteiger partial charge in [-0.3, -0.25) is 9.69 Å². The van der Waals surface area contributed by atoms with Gasteiger partial charge < -0.3 is 15.2 Å². The second kappa shape index (κ2) is 13.4. The van der Waals surface area contributed by atoms with Gasteiger partial charge in [0.15, 0.2) is 0 Å². The molecule has 38 heavy (non-hydrogen) atoms. The van der Waals surface area contributed by atoms with Gasteiger partial charge >= 0.3 is 0 Å². The van der Waals surface area contributed by atoms with Crippen molar-refractivity contribution in [2.45, 2.75) is 25.8 Å². The standard InChI is InChI=1S/C32H35N3O3/c1-24-20-25(14-16-30(24)37-2)22-35(18-9-19-38-31-17-15-28(21-34-31)32(33)36)23-29(26-10-5-3-6-11-26)27-12-7-4-8-13-27/h3-8,10-17,20-21,29H,9,18-19,22-23H2,1-2H3,(H2,33,36). The van der Waals surface area contributed by atoms with E-state index in [1.807, 2.05) is 6.07 Å². The third kappa shape index (κ3) is 7.43. The van der Waals surface area contributed by atoms with E-state index in [1.165, 1.54) is 22.9 Å². The van der Waals surface area contributed by atoms with Gasteiger partial charge in [-0.15, -0.1) is 0 Å². The van der Waals surface area contributed by atoms with Crippen molar-refractivity contribution in [3.63, 3.8) is 0 Å². The predicted molar refractivity (Wildman–Crippen MR) is 151 cm³/mol. The SMILES string of the molecule is COc1ccc(CN(CCCOc2ccc(C(N)=O)cn2)CC(c2ccccc2)c2ccccc2)cc1C. The van der Waals surface area contributed by atoms with E-state index in [2.05, 4.69) is 89.6 Å². The van der Waals surface area contributed by atoms with E-state index < -0.39 is 5.91 Å². The molecule has 6 heteroatoms. The van der Waals surface area contributed by atoms with Crippen LogP contribution in [0.4, 0.5) is 0 Å². The minimum absolute atomic E-state index is 0.237. The van der Waals surface area contributed by atoms with Crippen LogP contribution in [0.3, 0.4) is 0 Å². The molecule has 0 aliphatic rings. The molecule has 0 aliphatic carbocycles. The molecule has 0 radical (unpaired) electrons. The summed E-state index contributed by atoms with van der Waals surface area (Å²) in [6.45, 7) is 5.12. The number of nitrogens with two attached hydrogens (primary N) is 1. The average molecular weight is 510 g/mol. The molecule has 4 aromatic rings. The molecule has 0 aliphatic heterocycles. The molecular formula is C32H35N3O3. The lowest BCUT2D eigenvalue weighted by molar-refractivity contribution is 0.1000. The number of nitrogens with zero attached hydrogens (tertiary/aromatic N) is 2. The van der Waals surface area contributed by atoms with Gasteiger partial charge in [-0.25, -0.2) is 4.98 Å². The number of benzene rings is 3. The van der Waals surface area contributed by atoms with Crippen molar-refractivity contribution in [3.8, 4) is 11.6 Å². The Balaban J connectivity index is 1.49. The monoisotopic (exact) mass is 509 g/mol. The van der Waals surface area contributed by atoms with Crippen LogP contribution in [0.25, 0.3) is 0 Å². The van der Waals surface area contributed by atoms with Crippen LogP contribution in [-0.4, -0.2) is 42.6 Å². The van der Waals surface area contributed by atoms with Crippen molar-refractivity contribution in [2.75, 3.05) is 26.8 Å². The first-order valence-corrected chi connectivity index (χ1v) is 12.9. The zero-order chi connectivity index (χ0) is 26.7. The molecule has 4 rings (SSSR count). The first-order chi connectivity index (χ1) is 18.5. The van der Waals surface area contributed by atoms with Gasteiger partial charge in [0.25, 0.3) is 0 Å². The van der Waals surface area contributed by atoms with Crippen LogP contribution in [0.2, 0.25) is 0 Å². The van der Waals surface area contributed by atoms with E-state index in [1.54, 1.807) is 19.2 Å². The van der Waals surface area contributed by atoms with E-state index in [-0.39, 0.29) is 5.92 Å². The molecule has 0 fully saturated rings. The summed E-state index contributed by atoms with van der Waals surface area (Å²) in [5, 5.41) is 0. The van der Waals surface area contributed by atoms with Crippen LogP contribution in [0, 0.1) is 6.92 Å². The molecule has 1 heterocycles. The summed E-state index contributed by atoms with van der Waals surface area (Å²) in [6, 6.07) is 31.1. The normalized spacial score (nSPS) is 11.1.